The maximum absolute atomic E-state index is 6.14. The quantitative estimate of drug-likeness (QED) is 0.420. The fourth-order valence-electron chi connectivity index (χ4n) is 2.30. The van der Waals surface area contributed by atoms with Gasteiger partial charge in [-0.2, -0.15) is 0 Å². The summed E-state index contributed by atoms with van der Waals surface area (Å²) in [6, 6.07) is 6.33. The number of aryl methyl sites for hydroxylation is 1. The number of guanidine groups is 1. The molecule has 0 radical (unpaired) electrons. The van der Waals surface area contributed by atoms with Gasteiger partial charge in [-0.3, -0.25) is 4.99 Å². The molecule has 0 saturated heterocycles. The van der Waals surface area contributed by atoms with Crippen molar-refractivity contribution in [2.75, 3.05) is 14.1 Å². The van der Waals surface area contributed by atoms with E-state index in [-0.39, 0.29) is 30.1 Å². The summed E-state index contributed by atoms with van der Waals surface area (Å²) in [7, 11) is 3.61. The largest absolute Gasteiger partial charge is 0.490 e. The summed E-state index contributed by atoms with van der Waals surface area (Å²) in [5.74, 6) is 2.37. The summed E-state index contributed by atoms with van der Waals surface area (Å²) in [4.78, 5) is 4.12. The number of halogens is 1. The van der Waals surface area contributed by atoms with Gasteiger partial charge >= 0.3 is 0 Å². The lowest BCUT2D eigenvalue weighted by molar-refractivity contribution is 0.191. The van der Waals surface area contributed by atoms with Gasteiger partial charge in [0.1, 0.15) is 5.75 Å². The second-order valence-corrected chi connectivity index (χ2v) is 5.84. The molecule has 1 aromatic carbocycles. The minimum Gasteiger partial charge on any atom is -0.490 e. The van der Waals surface area contributed by atoms with Crippen LogP contribution in [-0.4, -0.2) is 26.2 Å². The van der Waals surface area contributed by atoms with E-state index >= 15 is 0 Å². The van der Waals surface area contributed by atoms with Gasteiger partial charge in [-0.05, 0) is 37.8 Å². The van der Waals surface area contributed by atoms with Crippen molar-refractivity contribution in [3.8, 4) is 5.75 Å². The molecule has 22 heavy (non-hydrogen) atoms. The predicted molar refractivity (Wildman–Crippen MR) is 105 cm³/mol. The molecule has 0 bridgehead atoms. The molecule has 0 aliphatic carbocycles. The van der Waals surface area contributed by atoms with E-state index in [1.165, 1.54) is 5.56 Å². The first-order valence-electron chi connectivity index (χ1n) is 7.60. The third-order valence-electron chi connectivity index (χ3n) is 3.26. The van der Waals surface area contributed by atoms with Crippen molar-refractivity contribution in [2.24, 2.45) is 10.9 Å². The minimum absolute atomic E-state index is 0. The van der Waals surface area contributed by atoms with Gasteiger partial charge in [-0.1, -0.05) is 26.0 Å². The minimum atomic E-state index is 0. The van der Waals surface area contributed by atoms with Crippen LogP contribution in [0.1, 0.15) is 38.3 Å². The number of nitrogens with one attached hydrogen (secondary N) is 2. The Morgan fingerprint density at radius 2 is 1.95 bits per heavy atom. The highest BCUT2D eigenvalue weighted by molar-refractivity contribution is 14.0. The number of benzene rings is 1. The Hall–Kier alpha value is -0.980. The molecule has 2 N–H and O–H groups in total. The van der Waals surface area contributed by atoms with Gasteiger partial charge in [-0.15, -0.1) is 24.0 Å². The van der Waals surface area contributed by atoms with Crippen molar-refractivity contribution in [3.63, 3.8) is 0 Å². The van der Waals surface area contributed by atoms with E-state index in [2.05, 4.69) is 61.5 Å². The highest BCUT2D eigenvalue weighted by atomic mass is 127. The fraction of sp³-hybridized carbons (Fsp3) is 0.588. The standard InChI is InChI=1S/C17H29N3O.HI/c1-12(2)9-14(4)21-16-10-13(3)7-8-15(16)11-20-17(18-5)19-6;/h7-8,10,12,14H,9,11H2,1-6H3,(H2,18,19,20);1H. The highest BCUT2D eigenvalue weighted by Crippen LogP contribution is 2.23. The van der Waals surface area contributed by atoms with Gasteiger partial charge < -0.3 is 15.4 Å². The van der Waals surface area contributed by atoms with Crippen LogP contribution < -0.4 is 15.4 Å². The molecule has 0 aliphatic heterocycles. The van der Waals surface area contributed by atoms with Gasteiger partial charge in [0.25, 0.3) is 0 Å². The third kappa shape index (κ3) is 7.33. The molecule has 0 saturated carbocycles. The van der Waals surface area contributed by atoms with Gasteiger partial charge in [-0.25, -0.2) is 0 Å². The maximum Gasteiger partial charge on any atom is 0.190 e. The van der Waals surface area contributed by atoms with Gasteiger partial charge in [0.05, 0.1) is 6.10 Å². The number of hydrogen-bond donors (Lipinski definition) is 2. The van der Waals surface area contributed by atoms with Crippen LogP contribution in [0.15, 0.2) is 23.2 Å². The normalized spacial score (nSPS) is 12.6. The van der Waals surface area contributed by atoms with E-state index in [0.29, 0.717) is 12.5 Å². The summed E-state index contributed by atoms with van der Waals surface area (Å²) in [6.45, 7) is 9.35. The molecule has 1 unspecified atom stereocenters. The molecule has 0 heterocycles. The molecule has 0 aliphatic rings. The van der Waals surface area contributed by atoms with E-state index in [0.717, 1.165) is 23.7 Å². The Kier molecular flexibility index (Phi) is 10.2. The molecule has 1 rings (SSSR count). The maximum atomic E-state index is 6.14. The molecule has 0 spiro atoms. The topological polar surface area (TPSA) is 45.7 Å². The second-order valence-electron chi connectivity index (χ2n) is 5.84. The Bertz CT molecular complexity index is 475. The number of ether oxygens (including phenoxy) is 1. The van der Waals surface area contributed by atoms with Crippen molar-refractivity contribution in [3.05, 3.63) is 29.3 Å². The molecule has 0 aromatic heterocycles. The monoisotopic (exact) mass is 419 g/mol. The van der Waals surface area contributed by atoms with Crippen LogP contribution in [0.5, 0.6) is 5.75 Å². The van der Waals surface area contributed by atoms with Crippen molar-refractivity contribution in [1.29, 1.82) is 0 Å². The Labute approximate surface area is 152 Å². The number of rotatable bonds is 6. The van der Waals surface area contributed by atoms with Crippen molar-refractivity contribution >= 4 is 29.9 Å². The molecule has 4 nitrogen and oxygen atoms in total. The first-order valence-corrected chi connectivity index (χ1v) is 7.60. The molecular formula is C17H30IN3O. The summed E-state index contributed by atoms with van der Waals surface area (Å²) >= 11 is 0. The molecule has 1 aromatic rings. The third-order valence-corrected chi connectivity index (χ3v) is 3.26. The highest BCUT2D eigenvalue weighted by Gasteiger charge is 2.11. The van der Waals surface area contributed by atoms with Crippen molar-refractivity contribution < 1.29 is 4.74 Å². The van der Waals surface area contributed by atoms with E-state index in [1.807, 2.05) is 7.05 Å². The zero-order valence-corrected chi connectivity index (χ0v) is 16.9. The Morgan fingerprint density at radius 1 is 1.27 bits per heavy atom. The summed E-state index contributed by atoms with van der Waals surface area (Å²) < 4.78 is 6.14. The summed E-state index contributed by atoms with van der Waals surface area (Å²) in [5, 5.41) is 6.29. The zero-order valence-electron chi connectivity index (χ0n) is 14.6. The van der Waals surface area contributed by atoms with Crippen LogP contribution in [0.25, 0.3) is 0 Å². The number of nitrogens with zero attached hydrogens (tertiary/aromatic N) is 1. The van der Waals surface area contributed by atoms with Gasteiger partial charge in [0.2, 0.25) is 0 Å². The van der Waals surface area contributed by atoms with Gasteiger partial charge in [0.15, 0.2) is 5.96 Å². The average molecular weight is 419 g/mol. The zero-order chi connectivity index (χ0) is 15.8. The van der Waals surface area contributed by atoms with Crippen LogP contribution in [-0.2, 0) is 6.54 Å². The lowest BCUT2D eigenvalue weighted by Gasteiger charge is -2.20. The lowest BCUT2D eigenvalue weighted by Crippen LogP contribution is -2.34. The number of aliphatic imine (C=N–C) groups is 1. The lowest BCUT2D eigenvalue weighted by atomic mass is 10.1. The fourth-order valence-corrected chi connectivity index (χ4v) is 2.30. The van der Waals surface area contributed by atoms with Crippen LogP contribution in [0.2, 0.25) is 0 Å². The van der Waals surface area contributed by atoms with E-state index in [4.69, 9.17) is 4.74 Å². The Morgan fingerprint density at radius 3 is 2.50 bits per heavy atom. The number of hydrogen-bond acceptors (Lipinski definition) is 2. The van der Waals surface area contributed by atoms with Crippen LogP contribution in [0.3, 0.4) is 0 Å². The first kappa shape index (κ1) is 21.0. The summed E-state index contributed by atoms with van der Waals surface area (Å²) in [5.41, 5.74) is 2.36. The van der Waals surface area contributed by atoms with Crippen LogP contribution in [0, 0.1) is 12.8 Å². The molecular weight excluding hydrogens is 389 g/mol. The van der Waals surface area contributed by atoms with Crippen molar-refractivity contribution in [2.45, 2.75) is 46.8 Å². The second kappa shape index (κ2) is 10.7. The molecule has 0 fully saturated rings. The van der Waals surface area contributed by atoms with E-state index in [1.54, 1.807) is 7.05 Å². The molecule has 1 atom stereocenters. The van der Waals surface area contributed by atoms with Gasteiger partial charge in [0, 0.05) is 26.2 Å². The SMILES string of the molecule is CN=C(NC)NCc1ccc(C)cc1OC(C)CC(C)C.I. The van der Waals surface area contributed by atoms with E-state index < -0.39 is 0 Å². The van der Waals surface area contributed by atoms with Crippen molar-refractivity contribution in [1.82, 2.24) is 10.6 Å². The molecule has 126 valence electrons. The molecule has 0 amide bonds. The average Bonchev–Trinajstić information content (AvgIpc) is 2.41. The molecule has 5 heteroatoms. The summed E-state index contributed by atoms with van der Waals surface area (Å²) in [6.07, 6.45) is 1.27. The Balaban J connectivity index is 0.00000441. The smallest absolute Gasteiger partial charge is 0.190 e. The van der Waals surface area contributed by atoms with Crippen LogP contribution >= 0.6 is 24.0 Å². The van der Waals surface area contributed by atoms with Crippen LogP contribution in [0.4, 0.5) is 0 Å². The first-order chi connectivity index (χ1) is 9.96. The van der Waals surface area contributed by atoms with E-state index in [9.17, 15) is 0 Å². The predicted octanol–water partition coefficient (Wildman–Crippen LogP) is 3.72.